The molecule has 2 rings (SSSR count). The minimum Gasteiger partial charge on any atom is -0.380 e. The molecule has 4 nitrogen and oxygen atoms in total. The number of aliphatic imine (C=N–C) groups is 1. The molecule has 23 heavy (non-hydrogen) atoms. The summed E-state index contributed by atoms with van der Waals surface area (Å²) in [6.45, 7) is 1.89. The van der Waals surface area contributed by atoms with Gasteiger partial charge in [0, 0.05) is 27.2 Å². The first-order valence-electron chi connectivity index (χ1n) is 7.47. The molecule has 0 bridgehead atoms. The van der Waals surface area contributed by atoms with E-state index in [9.17, 15) is 4.39 Å². The minimum absolute atomic E-state index is 0.229. The summed E-state index contributed by atoms with van der Waals surface area (Å²) < 4.78 is 18.0. The van der Waals surface area contributed by atoms with Gasteiger partial charge >= 0.3 is 0 Å². The van der Waals surface area contributed by atoms with Crippen molar-refractivity contribution in [2.45, 2.75) is 19.7 Å². The number of hydrogen-bond donors (Lipinski definition) is 2. The van der Waals surface area contributed by atoms with Crippen molar-refractivity contribution in [3.8, 4) is 0 Å². The normalized spacial score (nSPS) is 11.3. The molecule has 0 saturated carbocycles. The second-order valence-corrected chi connectivity index (χ2v) is 5.16. The maximum Gasteiger partial charge on any atom is 0.191 e. The van der Waals surface area contributed by atoms with Gasteiger partial charge in [0.2, 0.25) is 0 Å². The molecule has 5 heteroatoms. The molecule has 2 aromatic carbocycles. The van der Waals surface area contributed by atoms with E-state index in [1.165, 1.54) is 12.1 Å². The number of rotatable bonds is 6. The summed E-state index contributed by atoms with van der Waals surface area (Å²) in [5, 5.41) is 6.46. The first-order chi connectivity index (χ1) is 11.2. The lowest BCUT2D eigenvalue weighted by atomic mass is 10.1. The molecule has 0 amide bonds. The Kier molecular flexibility index (Phi) is 6.56. The van der Waals surface area contributed by atoms with Crippen LogP contribution in [0.3, 0.4) is 0 Å². The van der Waals surface area contributed by atoms with E-state index in [2.05, 4.69) is 39.9 Å². The molecule has 0 unspecified atom stereocenters. The second-order valence-electron chi connectivity index (χ2n) is 5.16. The van der Waals surface area contributed by atoms with E-state index < -0.39 is 0 Å². The van der Waals surface area contributed by atoms with Gasteiger partial charge in [-0.1, -0.05) is 36.4 Å². The topological polar surface area (TPSA) is 45.7 Å². The predicted octanol–water partition coefficient (Wildman–Crippen LogP) is 2.84. The highest BCUT2D eigenvalue weighted by molar-refractivity contribution is 5.79. The summed E-state index contributed by atoms with van der Waals surface area (Å²) in [5.41, 5.74) is 3.31. The van der Waals surface area contributed by atoms with Crippen molar-refractivity contribution >= 4 is 5.96 Å². The molecule has 0 aliphatic carbocycles. The molecule has 0 atom stereocenters. The van der Waals surface area contributed by atoms with Crippen LogP contribution in [0.4, 0.5) is 4.39 Å². The number of benzene rings is 2. The highest BCUT2D eigenvalue weighted by atomic mass is 19.1. The maximum atomic E-state index is 12.9. The summed E-state index contributed by atoms with van der Waals surface area (Å²) in [6, 6.07) is 14.6. The molecule has 0 spiro atoms. The van der Waals surface area contributed by atoms with Gasteiger partial charge in [-0.25, -0.2) is 4.39 Å². The third-order valence-electron chi connectivity index (χ3n) is 3.39. The fourth-order valence-electron chi connectivity index (χ4n) is 2.11. The summed E-state index contributed by atoms with van der Waals surface area (Å²) in [6.07, 6.45) is 0. The Labute approximate surface area is 136 Å². The quantitative estimate of drug-likeness (QED) is 0.636. The average Bonchev–Trinajstić information content (AvgIpc) is 2.58. The van der Waals surface area contributed by atoms with E-state index in [0.29, 0.717) is 25.7 Å². The van der Waals surface area contributed by atoms with Crippen LogP contribution in [0, 0.1) is 5.82 Å². The van der Waals surface area contributed by atoms with E-state index in [1.54, 1.807) is 26.3 Å². The van der Waals surface area contributed by atoms with Gasteiger partial charge in [-0.05, 0) is 28.8 Å². The number of guanidine groups is 1. The monoisotopic (exact) mass is 315 g/mol. The molecule has 0 heterocycles. The highest BCUT2D eigenvalue weighted by Crippen LogP contribution is 2.05. The minimum atomic E-state index is -0.229. The number of nitrogens with one attached hydrogen (secondary N) is 2. The van der Waals surface area contributed by atoms with Crippen molar-refractivity contribution in [1.82, 2.24) is 10.6 Å². The van der Waals surface area contributed by atoms with Crippen LogP contribution < -0.4 is 10.6 Å². The first-order valence-corrected chi connectivity index (χ1v) is 7.47. The fraction of sp³-hybridized carbons (Fsp3) is 0.278. The smallest absolute Gasteiger partial charge is 0.191 e. The van der Waals surface area contributed by atoms with Gasteiger partial charge in [0.15, 0.2) is 5.96 Å². The fourth-order valence-corrected chi connectivity index (χ4v) is 2.11. The van der Waals surface area contributed by atoms with Crippen LogP contribution in [0.1, 0.15) is 16.7 Å². The van der Waals surface area contributed by atoms with Crippen LogP contribution in [-0.2, 0) is 24.4 Å². The van der Waals surface area contributed by atoms with Crippen molar-refractivity contribution < 1.29 is 9.13 Å². The lowest BCUT2D eigenvalue weighted by Gasteiger charge is -2.12. The van der Waals surface area contributed by atoms with Crippen molar-refractivity contribution in [2.24, 2.45) is 4.99 Å². The van der Waals surface area contributed by atoms with E-state index in [-0.39, 0.29) is 5.82 Å². The third-order valence-corrected chi connectivity index (χ3v) is 3.39. The summed E-state index contributed by atoms with van der Waals surface area (Å²) >= 11 is 0. The Bertz CT molecular complexity index is 624. The highest BCUT2D eigenvalue weighted by Gasteiger charge is 2.00. The first kappa shape index (κ1) is 17.0. The number of nitrogens with zero attached hydrogens (tertiary/aromatic N) is 1. The van der Waals surface area contributed by atoms with Gasteiger partial charge in [0.05, 0.1) is 6.61 Å². The molecular formula is C18H22FN3O. The molecule has 0 aromatic heterocycles. The zero-order chi connectivity index (χ0) is 16.5. The lowest BCUT2D eigenvalue weighted by molar-refractivity contribution is 0.185. The van der Waals surface area contributed by atoms with Crippen molar-refractivity contribution in [1.29, 1.82) is 0 Å². The van der Waals surface area contributed by atoms with Crippen LogP contribution >= 0.6 is 0 Å². The molecule has 0 saturated heterocycles. The van der Waals surface area contributed by atoms with Crippen LogP contribution in [0.25, 0.3) is 0 Å². The SMILES string of the molecule is CN=C(NCc1ccc(F)cc1)NCc1ccc(COC)cc1. The average molecular weight is 315 g/mol. The standard InChI is InChI=1S/C18H22FN3O/c1-20-18(22-12-15-7-9-17(19)10-8-15)21-11-14-3-5-16(6-4-14)13-23-2/h3-10H,11-13H2,1-2H3,(H2,20,21,22). The van der Waals surface area contributed by atoms with Crippen LogP contribution in [0.15, 0.2) is 53.5 Å². The van der Waals surface area contributed by atoms with Crippen LogP contribution in [0.2, 0.25) is 0 Å². The Balaban J connectivity index is 1.81. The number of halogens is 1. The van der Waals surface area contributed by atoms with Gasteiger partial charge in [0.1, 0.15) is 5.82 Å². The van der Waals surface area contributed by atoms with Crippen LogP contribution in [-0.4, -0.2) is 20.1 Å². The summed E-state index contributed by atoms with van der Waals surface area (Å²) in [4.78, 5) is 4.18. The van der Waals surface area contributed by atoms with Gasteiger partial charge < -0.3 is 15.4 Å². The number of methoxy groups -OCH3 is 1. The zero-order valence-corrected chi connectivity index (χ0v) is 13.5. The summed E-state index contributed by atoms with van der Waals surface area (Å²) in [5.74, 6) is 0.475. The second kappa shape index (κ2) is 8.90. The third kappa shape index (κ3) is 5.71. The van der Waals surface area contributed by atoms with Crippen molar-refractivity contribution in [3.63, 3.8) is 0 Å². The van der Waals surface area contributed by atoms with Gasteiger partial charge in [0.25, 0.3) is 0 Å². The Morgan fingerprint density at radius 1 is 0.913 bits per heavy atom. The Hall–Kier alpha value is -2.40. The van der Waals surface area contributed by atoms with Gasteiger partial charge in [-0.3, -0.25) is 4.99 Å². The van der Waals surface area contributed by atoms with Gasteiger partial charge in [-0.2, -0.15) is 0 Å². The van der Waals surface area contributed by atoms with E-state index in [4.69, 9.17) is 4.74 Å². The van der Waals surface area contributed by atoms with E-state index in [1.807, 2.05) is 0 Å². The molecule has 2 N–H and O–H groups in total. The molecule has 0 aliphatic heterocycles. The maximum absolute atomic E-state index is 12.9. The van der Waals surface area contributed by atoms with Crippen molar-refractivity contribution in [2.75, 3.05) is 14.2 Å². The molecule has 2 aromatic rings. The molecule has 0 aliphatic rings. The molecule has 0 fully saturated rings. The van der Waals surface area contributed by atoms with E-state index in [0.717, 1.165) is 16.7 Å². The van der Waals surface area contributed by atoms with Gasteiger partial charge in [-0.15, -0.1) is 0 Å². The summed E-state index contributed by atoms with van der Waals surface area (Å²) in [7, 11) is 3.41. The Morgan fingerprint density at radius 3 is 1.87 bits per heavy atom. The number of hydrogen-bond acceptors (Lipinski definition) is 2. The molecule has 122 valence electrons. The number of ether oxygens (including phenoxy) is 1. The lowest BCUT2D eigenvalue weighted by Crippen LogP contribution is -2.36. The van der Waals surface area contributed by atoms with E-state index >= 15 is 0 Å². The van der Waals surface area contributed by atoms with Crippen LogP contribution in [0.5, 0.6) is 0 Å². The Morgan fingerprint density at radius 2 is 1.39 bits per heavy atom. The van der Waals surface area contributed by atoms with Crippen molar-refractivity contribution in [3.05, 3.63) is 71.0 Å². The molecular weight excluding hydrogens is 293 g/mol. The predicted molar refractivity (Wildman–Crippen MR) is 90.6 cm³/mol. The largest absolute Gasteiger partial charge is 0.380 e. The molecule has 0 radical (unpaired) electrons. The zero-order valence-electron chi connectivity index (χ0n) is 13.5.